The number of nitrogens with zero attached hydrogens (tertiary/aromatic N) is 4. The first-order valence-corrected chi connectivity index (χ1v) is 7.02. The Kier molecular flexibility index (Phi) is 4.15. The summed E-state index contributed by atoms with van der Waals surface area (Å²) < 4.78 is 6.54. The predicted molar refractivity (Wildman–Crippen MR) is 86.2 cm³/mol. The summed E-state index contributed by atoms with van der Waals surface area (Å²) in [7, 11) is 1.56. The monoisotopic (exact) mass is 312 g/mol. The average Bonchev–Trinajstić information content (AvgIpc) is 2.99. The molecule has 3 N–H and O–H groups in total. The molecule has 0 unspecified atom stereocenters. The number of benzene rings is 1. The summed E-state index contributed by atoms with van der Waals surface area (Å²) in [6.07, 6.45) is 3.32. The normalized spacial score (nSPS) is 10.8. The Morgan fingerprint density at radius 1 is 1.39 bits per heavy atom. The number of nitrogens with one attached hydrogen (secondary N) is 1. The summed E-state index contributed by atoms with van der Waals surface area (Å²) in [5, 5.41) is 7.80. The topological polar surface area (TPSA) is 108 Å². The van der Waals surface area contributed by atoms with Crippen molar-refractivity contribution in [2.75, 3.05) is 24.8 Å². The number of anilines is 2. The number of methoxy groups -OCH3 is 1. The molecule has 0 spiro atoms. The van der Waals surface area contributed by atoms with Crippen molar-refractivity contribution in [1.29, 1.82) is 0 Å². The van der Waals surface area contributed by atoms with E-state index in [1.807, 2.05) is 24.3 Å². The van der Waals surface area contributed by atoms with Crippen LogP contribution in [0.25, 0.3) is 16.7 Å². The first kappa shape index (κ1) is 14.9. The molecule has 3 rings (SSSR count). The zero-order valence-electron chi connectivity index (χ0n) is 12.6. The van der Waals surface area contributed by atoms with Crippen LogP contribution < -0.4 is 11.1 Å². The molecule has 0 saturated heterocycles. The molecule has 0 atom stereocenters. The zero-order valence-corrected chi connectivity index (χ0v) is 12.6. The Bertz CT molecular complexity index is 845. The van der Waals surface area contributed by atoms with Gasteiger partial charge in [0.15, 0.2) is 5.65 Å². The van der Waals surface area contributed by atoms with Crippen LogP contribution in [0.5, 0.6) is 0 Å². The third-order valence-corrected chi connectivity index (χ3v) is 3.30. The van der Waals surface area contributed by atoms with Crippen LogP contribution in [0.3, 0.4) is 0 Å². The van der Waals surface area contributed by atoms with Crippen molar-refractivity contribution in [2.24, 2.45) is 0 Å². The molecule has 0 saturated carbocycles. The molecule has 1 amide bonds. The summed E-state index contributed by atoms with van der Waals surface area (Å²) in [5.41, 5.74) is 7.87. The number of ether oxygens (including phenoxy) is 1. The molecule has 0 aliphatic carbocycles. The van der Waals surface area contributed by atoms with Crippen LogP contribution in [0, 0.1) is 0 Å². The van der Waals surface area contributed by atoms with Crippen LogP contribution in [0.4, 0.5) is 11.5 Å². The second-order valence-electron chi connectivity index (χ2n) is 4.89. The molecule has 23 heavy (non-hydrogen) atoms. The molecular weight excluding hydrogens is 296 g/mol. The van der Waals surface area contributed by atoms with E-state index in [4.69, 9.17) is 10.5 Å². The Hall–Kier alpha value is -3.00. The number of hydrogen-bond donors (Lipinski definition) is 2. The molecule has 0 aliphatic rings. The minimum atomic E-state index is -0.110. The van der Waals surface area contributed by atoms with Crippen molar-refractivity contribution in [1.82, 2.24) is 19.7 Å². The molecule has 8 heteroatoms. The fourth-order valence-electron chi connectivity index (χ4n) is 2.18. The first-order valence-electron chi connectivity index (χ1n) is 7.02. The quantitative estimate of drug-likeness (QED) is 0.736. The maximum absolute atomic E-state index is 11.8. The van der Waals surface area contributed by atoms with Crippen LogP contribution in [-0.4, -0.2) is 39.4 Å². The van der Waals surface area contributed by atoms with Gasteiger partial charge in [-0.1, -0.05) is 6.07 Å². The predicted octanol–water partition coefficient (Wildman–Crippen LogP) is 1.37. The Labute approximate surface area is 132 Å². The third kappa shape index (κ3) is 3.11. The molecule has 2 aromatic heterocycles. The van der Waals surface area contributed by atoms with Gasteiger partial charge in [0.25, 0.3) is 0 Å². The van der Waals surface area contributed by atoms with Gasteiger partial charge in [0.2, 0.25) is 5.91 Å². The van der Waals surface area contributed by atoms with Gasteiger partial charge < -0.3 is 15.8 Å². The van der Waals surface area contributed by atoms with E-state index in [9.17, 15) is 4.79 Å². The molecule has 0 aliphatic heterocycles. The summed E-state index contributed by atoms with van der Waals surface area (Å²) >= 11 is 0. The van der Waals surface area contributed by atoms with Crippen molar-refractivity contribution in [2.45, 2.75) is 6.42 Å². The summed E-state index contributed by atoms with van der Waals surface area (Å²) in [6, 6.07) is 7.33. The number of carbonyl (C=O) groups is 1. The second-order valence-corrected chi connectivity index (χ2v) is 4.89. The van der Waals surface area contributed by atoms with Gasteiger partial charge in [0.05, 0.1) is 30.3 Å². The van der Waals surface area contributed by atoms with E-state index in [0.29, 0.717) is 35.6 Å². The molecule has 0 fully saturated rings. The largest absolute Gasteiger partial charge is 0.384 e. The minimum absolute atomic E-state index is 0.110. The molecule has 3 aromatic rings. The smallest absolute Gasteiger partial charge is 0.226 e. The van der Waals surface area contributed by atoms with Gasteiger partial charge in [0.1, 0.15) is 12.1 Å². The maximum Gasteiger partial charge on any atom is 0.226 e. The van der Waals surface area contributed by atoms with E-state index < -0.39 is 0 Å². The number of nitrogen functional groups attached to an aromatic ring is 1. The van der Waals surface area contributed by atoms with Crippen LogP contribution in [0.2, 0.25) is 0 Å². The van der Waals surface area contributed by atoms with E-state index in [-0.39, 0.29) is 5.91 Å². The number of nitrogens with two attached hydrogens (primary N) is 1. The lowest BCUT2D eigenvalue weighted by Crippen LogP contribution is -2.13. The molecule has 8 nitrogen and oxygen atoms in total. The lowest BCUT2D eigenvalue weighted by atomic mass is 10.2. The fourth-order valence-corrected chi connectivity index (χ4v) is 2.18. The fraction of sp³-hybridized carbons (Fsp3) is 0.200. The molecule has 2 heterocycles. The van der Waals surface area contributed by atoms with E-state index in [1.165, 1.54) is 6.33 Å². The SMILES string of the molecule is COCCC(=O)Nc1cccc(-n2ncc3c(N)ncnc32)c1. The number of aromatic nitrogens is 4. The van der Waals surface area contributed by atoms with Crippen LogP contribution >= 0.6 is 0 Å². The molecule has 1 aromatic carbocycles. The van der Waals surface area contributed by atoms with E-state index >= 15 is 0 Å². The van der Waals surface area contributed by atoms with Gasteiger partial charge in [-0.05, 0) is 18.2 Å². The van der Waals surface area contributed by atoms with Gasteiger partial charge in [-0.2, -0.15) is 5.10 Å². The third-order valence-electron chi connectivity index (χ3n) is 3.30. The van der Waals surface area contributed by atoms with E-state index in [1.54, 1.807) is 18.0 Å². The highest BCUT2D eigenvalue weighted by Crippen LogP contribution is 2.21. The van der Waals surface area contributed by atoms with Gasteiger partial charge in [-0.25, -0.2) is 14.6 Å². The Morgan fingerprint density at radius 2 is 2.26 bits per heavy atom. The van der Waals surface area contributed by atoms with Crippen molar-refractivity contribution < 1.29 is 9.53 Å². The van der Waals surface area contributed by atoms with Crippen LogP contribution in [0.1, 0.15) is 6.42 Å². The number of carbonyl (C=O) groups excluding carboxylic acids is 1. The van der Waals surface area contributed by atoms with E-state index in [0.717, 1.165) is 5.69 Å². The van der Waals surface area contributed by atoms with Crippen molar-refractivity contribution in [3.63, 3.8) is 0 Å². The number of rotatable bonds is 5. The highest BCUT2D eigenvalue weighted by molar-refractivity contribution is 5.91. The first-order chi connectivity index (χ1) is 11.2. The number of amides is 1. The highest BCUT2D eigenvalue weighted by atomic mass is 16.5. The molecule has 0 radical (unpaired) electrons. The van der Waals surface area contributed by atoms with Gasteiger partial charge in [0, 0.05) is 12.8 Å². The van der Waals surface area contributed by atoms with Crippen molar-refractivity contribution in [3.05, 3.63) is 36.8 Å². The minimum Gasteiger partial charge on any atom is -0.384 e. The molecule has 118 valence electrons. The van der Waals surface area contributed by atoms with E-state index in [2.05, 4.69) is 20.4 Å². The molecule has 0 bridgehead atoms. The van der Waals surface area contributed by atoms with Gasteiger partial charge in [-0.15, -0.1) is 0 Å². The van der Waals surface area contributed by atoms with Crippen molar-refractivity contribution in [3.8, 4) is 5.69 Å². The highest BCUT2D eigenvalue weighted by Gasteiger charge is 2.10. The number of fused-ring (bicyclic) bond motifs is 1. The van der Waals surface area contributed by atoms with Gasteiger partial charge in [-0.3, -0.25) is 4.79 Å². The Balaban J connectivity index is 1.90. The second kappa shape index (κ2) is 6.41. The van der Waals surface area contributed by atoms with Crippen LogP contribution in [-0.2, 0) is 9.53 Å². The summed E-state index contributed by atoms with van der Waals surface area (Å²) in [4.78, 5) is 19.9. The maximum atomic E-state index is 11.8. The molecular formula is C15H16N6O2. The summed E-state index contributed by atoms with van der Waals surface area (Å²) in [6.45, 7) is 0.380. The zero-order chi connectivity index (χ0) is 16.2. The lowest BCUT2D eigenvalue weighted by molar-refractivity contribution is -0.117. The standard InChI is InChI=1S/C15H16N6O2/c1-23-6-5-13(22)20-10-3-2-4-11(7-10)21-15-12(8-19-21)14(16)17-9-18-15/h2-4,7-9H,5-6H2,1H3,(H,20,22)(H2,16,17,18). The van der Waals surface area contributed by atoms with Gasteiger partial charge >= 0.3 is 0 Å². The van der Waals surface area contributed by atoms with Crippen molar-refractivity contribution >= 4 is 28.4 Å². The Morgan fingerprint density at radius 3 is 3.09 bits per heavy atom. The van der Waals surface area contributed by atoms with Crippen LogP contribution in [0.15, 0.2) is 36.8 Å². The summed E-state index contributed by atoms with van der Waals surface area (Å²) in [5.74, 6) is 0.270. The lowest BCUT2D eigenvalue weighted by Gasteiger charge is -2.08. The average molecular weight is 312 g/mol. The number of hydrogen-bond acceptors (Lipinski definition) is 6.